The van der Waals surface area contributed by atoms with Gasteiger partial charge in [-0.1, -0.05) is 0 Å². The molecule has 1 fully saturated rings. The standard InChI is InChI=1S/C14H16N4O2/c19-14(11-5-4-10-20-11)15-12-6-7-13(17-16-12)18-8-2-1-3-9-18/h4-7,10H,1-3,8-9H2,(H,15,16,19). The Morgan fingerprint density at radius 3 is 2.65 bits per heavy atom. The lowest BCUT2D eigenvalue weighted by atomic mass is 10.1. The average Bonchev–Trinajstić information content (AvgIpc) is 3.03. The molecule has 2 aromatic heterocycles. The van der Waals surface area contributed by atoms with Gasteiger partial charge in [0, 0.05) is 13.1 Å². The fourth-order valence-electron chi connectivity index (χ4n) is 2.27. The number of carbonyl (C=O) groups excluding carboxylic acids is 1. The van der Waals surface area contributed by atoms with E-state index in [-0.39, 0.29) is 11.7 Å². The second-order valence-electron chi connectivity index (χ2n) is 4.76. The van der Waals surface area contributed by atoms with Crippen LogP contribution in [-0.4, -0.2) is 29.2 Å². The molecule has 0 bridgehead atoms. The van der Waals surface area contributed by atoms with Gasteiger partial charge in [-0.2, -0.15) is 0 Å². The van der Waals surface area contributed by atoms with Crippen LogP contribution in [-0.2, 0) is 0 Å². The van der Waals surface area contributed by atoms with Gasteiger partial charge in [0.15, 0.2) is 17.4 Å². The molecule has 2 aromatic rings. The van der Waals surface area contributed by atoms with Gasteiger partial charge in [0.1, 0.15) is 0 Å². The van der Waals surface area contributed by atoms with Crippen molar-refractivity contribution in [3.05, 3.63) is 36.3 Å². The van der Waals surface area contributed by atoms with Crippen LogP contribution in [0, 0.1) is 0 Å². The van der Waals surface area contributed by atoms with Gasteiger partial charge in [-0.3, -0.25) is 4.79 Å². The third kappa shape index (κ3) is 2.79. The summed E-state index contributed by atoms with van der Waals surface area (Å²) in [6, 6.07) is 6.92. The zero-order valence-electron chi connectivity index (χ0n) is 11.1. The number of amides is 1. The van der Waals surface area contributed by atoms with Crippen LogP contribution in [0.5, 0.6) is 0 Å². The maximum atomic E-state index is 11.8. The van der Waals surface area contributed by atoms with Crippen LogP contribution in [0.2, 0.25) is 0 Å². The van der Waals surface area contributed by atoms with Gasteiger partial charge in [0.05, 0.1) is 6.26 Å². The van der Waals surface area contributed by atoms with Gasteiger partial charge in [0.25, 0.3) is 5.91 Å². The van der Waals surface area contributed by atoms with E-state index in [9.17, 15) is 4.79 Å². The molecule has 0 atom stereocenters. The highest BCUT2D eigenvalue weighted by atomic mass is 16.3. The molecular formula is C14H16N4O2. The van der Waals surface area contributed by atoms with E-state index in [1.54, 1.807) is 18.2 Å². The molecule has 20 heavy (non-hydrogen) atoms. The van der Waals surface area contributed by atoms with E-state index in [0.717, 1.165) is 18.9 Å². The van der Waals surface area contributed by atoms with Crippen molar-refractivity contribution in [2.24, 2.45) is 0 Å². The predicted molar refractivity (Wildman–Crippen MR) is 74.8 cm³/mol. The number of nitrogens with one attached hydrogen (secondary N) is 1. The highest BCUT2D eigenvalue weighted by molar-refractivity contribution is 6.01. The molecule has 1 amide bonds. The summed E-state index contributed by atoms with van der Waals surface area (Å²) in [5, 5.41) is 10.9. The second kappa shape index (κ2) is 5.73. The number of carbonyl (C=O) groups is 1. The van der Waals surface area contributed by atoms with Gasteiger partial charge in [-0.25, -0.2) is 0 Å². The molecule has 1 aliphatic heterocycles. The quantitative estimate of drug-likeness (QED) is 0.928. The minimum absolute atomic E-state index is 0.256. The molecule has 0 aromatic carbocycles. The Bertz CT molecular complexity index is 559. The Morgan fingerprint density at radius 2 is 2.00 bits per heavy atom. The zero-order chi connectivity index (χ0) is 13.8. The summed E-state index contributed by atoms with van der Waals surface area (Å²) >= 11 is 0. The van der Waals surface area contributed by atoms with Crippen molar-refractivity contribution in [2.45, 2.75) is 19.3 Å². The molecule has 0 radical (unpaired) electrons. The molecule has 3 heterocycles. The lowest BCUT2D eigenvalue weighted by molar-refractivity contribution is 0.0996. The van der Waals surface area contributed by atoms with E-state index >= 15 is 0 Å². The fraction of sp³-hybridized carbons (Fsp3) is 0.357. The first kappa shape index (κ1) is 12.7. The maximum Gasteiger partial charge on any atom is 0.292 e. The molecule has 6 heteroatoms. The number of furan rings is 1. The van der Waals surface area contributed by atoms with Crippen molar-refractivity contribution in [2.75, 3.05) is 23.3 Å². The molecular weight excluding hydrogens is 256 g/mol. The first-order valence-electron chi connectivity index (χ1n) is 6.76. The molecule has 104 valence electrons. The summed E-state index contributed by atoms with van der Waals surface area (Å²) in [4.78, 5) is 14.0. The Hall–Kier alpha value is -2.37. The van der Waals surface area contributed by atoms with Crippen LogP contribution in [0.25, 0.3) is 0 Å². The molecule has 1 aliphatic rings. The number of rotatable bonds is 3. The minimum atomic E-state index is -0.324. The summed E-state index contributed by atoms with van der Waals surface area (Å²) in [5.41, 5.74) is 0. The van der Waals surface area contributed by atoms with Crippen LogP contribution in [0.4, 0.5) is 11.6 Å². The van der Waals surface area contributed by atoms with E-state index < -0.39 is 0 Å². The monoisotopic (exact) mass is 272 g/mol. The Morgan fingerprint density at radius 1 is 1.15 bits per heavy atom. The van der Waals surface area contributed by atoms with Gasteiger partial charge in [-0.15, -0.1) is 10.2 Å². The number of piperidine rings is 1. The van der Waals surface area contributed by atoms with Gasteiger partial charge in [0.2, 0.25) is 0 Å². The van der Waals surface area contributed by atoms with Crippen molar-refractivity contribution in [1.29, 1.82) is 0 Å². The smallest absolute Gasteiger partial charge is 0.292 e. The van der Waals surface area contributed by atoms with E-state index in [0.29, 0.717) is 5.82 Å². The number of anilines is 2. The molecule has 0 saturated carbocycles. The normalized spacial score (nSPS) is 15.1. The number of nitrogens with zero attached hydrogens (tertiary/aromatic N) is 3. The van der Waals surface area contributed by atoms with E-state index in [2.05, 4.69) is 20.4 Å². The van der Waals surface area contributed by atoms with Crippen molar-refractivity contribution in [3.8, 4) is 0 Å². The molecule has 0 spiro atoms. The molecule has 1 saturated heterocycles. The first-order valence-corrected chi connectivity index (χ1v) is 6.76. The van der Waals surface area contributed by atoms with Crippen molar-refractivity contribution in [1.82, 2.24) is 10.2 Å². The van der Waals surface area contributed by atoms with Gasteiger partial charge >= 0.3 is 0 Å². The van der Waals surface area contributed by atoms with Gasteiger partial charge < -0.3 is 14.6 Å². The minimum Gasteiger partial charge on any atom is -0.459 e. The number of hydrogen-bond acceptors (Lipinski definition) is 5. The summed E-state index contributed by atoms with van der Waals surface area (Å²) in [7, 11) is 0. The Balaban J connectivity index is 1.65. The second-order valence-corrected chi connectivity index (χ2v) is 4.76. The average molecular weight is 272 g/mol. The molecule has 1 N–H and O–H groups in total. The molecule has 6 nitrogen and oxygen atoms in total. The summed E-state index contributed by atoms with van der Waals surface area (Å²) in [6.07, 6.45) is 5.12. The van der Waals surface area contributed by atoms with Crippen molar-refractivity contribution in [3.63, 3.8) is 0 Å². The summed E-state index contributed by atoms with van der Waals surface area (Å²) < 4.78 is 5.02. The molecule has 3 rings (SSSR count). The summed E-state index contributed by atoms with van der Waals surface area (Å²) in [6.45, 7) is 2.04. The number of hydrogen-bond donors (Lipinski definition) is 1. The van der Waals surface area contributed by atoms with Crippen LogP contribution >= 0.6 is 0 Å². The fourth-order valence-corrected chi connectivity index (χ4v) is 2.27. The SMILES string of the molecule is O=C(Nc1ccc(N2CCCCC2)nn1)c1ccco1. The predicted octanol–water partition coefficient (Wildman–Crippen LogP) is 2.31. The van der Waals surface area contributed by atoms with E-state index in [1.165, 1.54) is 25.5 Å². The lowest BCUT2D eigenvalue weighted by Gasteiger charge is -2.27. The summed E-state index contributed by atoms with van der Waals surface area (Å²) in [5.74, 6) is 1.22. The Labute approximate surface area is 116 Å². The first-order chi connectivity index (χ1) is 9.83. The zero-order valence-corrected chi connectivity index (χ0v) is 11.1. The van der Waals surface area contributed by atoms with E-state index in [1.807, 2.05) is 6.07 Å². The molecule has 0 aliphatic carbocycles. The van der Waals surface area contributed by atoms with Crippen LogP contribution in [0.3, 0.4) is 0 Å². The van der Waals surface area contributed by atoms with E-state index in [4.69, 9.17) is 4.42 Å². The van der Waals surface area contributed by atoms with Gasteiger partial charge in [-0.05, 0) is 43.5 Å². The van der Waals surface area contributed by atoms with Crippen molar-refractivity contribution >= 4 is 17.5 Å². The Kier molecular flexibility index (Phi) is 3.62. The number of aromatic nitrogens is 2. The van der Waals surface area contributed by atoms with Crippen LogP contribution in [0.1, 0.15) is 29.8 Å². The highest BCUT2D eigenvalue weighted by Crippen LogP contribution is 2.17. The lowest BCUT2D eigenvalue weighted by Crippen LogP contribution is -2.30. The van der Waals surface area contributed by atoms with Crippen molar-refractivity contribution < 1.29 is 9.21 Å². The molecule has 0 unspecified atom stereocenters. The van der Waals surface area contributed by atoms with Crippen LogP contribution in [0.15, 0.2) is 34.9 Å². The third-order valence-electron chi connectivity index (χ3n) is 3.32. The highest BCUT2D eigenvalue weighted by Gasteiger charge is 2.13. The largest absolute Gasteiger partial charge is 0.459 e. The third-order valence-corrected chi connectivity index (χ3v) is 3.32. The van der Waals surface area contributed by atoms with Crippen LogP contribution < -0.4 is 10.2 Å². The topological polar surface area (TPSA) is 71.3 Å². The maximum absolute atomic E-state index is 11.8.